The van der Waals surface area contributed by atoms with Crippen LogP contribution in [-0.2, 0) is 20.8 Å². The number of carbonyl (C=O) groups excluding carboxylic acids is 1. The Morgan fingerprint density at radius 1 is 1.32 bits per heavy atom. The Labute approximate surface area is 131 Å². The molecule has 2 aliphatic rings. The molecule has 1 aromatic carbocycles. The van der Waals surface area contributed by atoms with E-state index in [9.17, 15) is 4.79 Å². The van der Waals surface area contributed by atoms with Crippen LogP contribution < -0.4 is 4.90 Å². The summed E-state index contributed by atoms with van der Waals surface area (Å²) in [5, 5.41) is 0. The molecule has 1 fully saturated rings. The minimum absolute atomic E-state index is 0.0525. The van der Waals surface area contributed by atoms with Crippen LogP contribution in [0.15, 0.2) is 24.3 Å². The number of hydrogen-bond acceptors (Lipinski definition) is 4. The van der Waals surface area contributed by atoms with Crippen molar-refractivity contribution in [3.63, 3.8) is 0 Å². The maximum atomic E-state index is 12.9. The Bertz CT molecular complexity index is 528. The van der Waals surface area contributed by atoms with Gasteiger partial charge in [-0.05, 0) is 18.1 Å². The van der Waals surface area contributed by atoms with Crippen molar-refractivity contribution < 1.29 is 14.3 Å². The van der Waals surface area contributed by atoms with Crippen LogP contribution >= 0.6 is 0 Å². The van der Waals surface area contributed by atoms with E-state index in [-0.39, 0.29) is 11.9 Å². The average Bonchev–Trinajstić information content (AvgIpc) is 2.72. The van der Waals surface area contributed by atoms with Gasteiger partial charge in [-0.25, -0.2) is 0 Å². The summed E-state index contributed by atoms with van der Waals surface area (Å²) in [6, 6.07) is 8.49. The van der Waals surface area contributed by atoms with E-state index in [1.165, 1.54) is 11.3 Å². The number of hydrogen-bond donors (Lipinski definition) is 0. The molecule has 0 N–H and O–H groups in total. The molecule has 0 saturated carbocycles. The standard InChI is InChI=1S/C17H24N2O3/c1-3-14-11-18(2)15-7-5-4-6-13(15)10-19(14)17(20)16-12-21-8-9-22-16/h4-7,14,16H,3,8-12H2,1-2H3. The summed E-state index contributed by atoms with van der Waals surface area (Å²) in [7, 11) is 2.09. The van der Waals surface area contributed by atoms with Crippen LogP contribution in [0.2, 0.25) is 0 Å². The second-order valence-corrected chi connectivity index (χ2v) is 5.97. The predicted octanol–water partition coefficient (Wildman–Crippen LogP) is 1.66. The molecule has 2 atom stereocenters. The summed E-state index contributed by atoms with van der Waals surface area (Å²) in [6.07, 6.45) is 0.468. The molecular formula is C17H24N2O3. The highest BCUT2D eigenvalue weighted by atomic mass is 16.6. The smallest absolute Gasteiger partial charge is 0.254 e. The van der Waals surface area contributed by atoms with E-state index in [1.807, 2.05) is 17.0 Å². The van der Waals surface area contributed by atoms with Gasteiger partial charge in [0.15, 0.2) is 6.10 Å². The zero-order chi connectivity index (χ0) is 15.5. The molecular weight excluding hydrogens is 280 g/mol. The number of likely N-dealkylation sites (N-methyl/N-ethyl adjacent to an activating group) is 1. The van der Waals surface area contributed by atoms with Crippen LogP contribution in [0.25, 0.3) is 0 Å². The highest BCUT2D eigenvalue weighted by molar-refractivity contribution is 5.82. The number of fused-ring (bicyclic) bond motifs is 1. The molecule has 2 heterocycles. The summed E-state index contributed by atoms with van der Waals surface area (Å²) in [5.74, 6) is 0.0525. The van der Waals surface area contributed by atoms with E-state index in [4.69, 9.17) is 9.47 Å². The number of benzene rings is 1. The Hall–Kier alpha value is -1.59. The Kier molecular flexibility index (Phi) is 4.64. The largest absolute Gasteiger partial charge is 0.376 e. The Morgan fingerprint density at radius 3 is 2.86 bits per heavy atom. The van der Waals surface area contributed by atoms with Crippen molar-refractivity contribution in [1.29, 1.82) is 0 Å². The van der Waals surface area contributed by atoms with Gasteiger partial charge in [-0.3, -0.25) is 4.79 Å². The van der Waals surface area contributed by atoms with Gasteiger partial charge < -0.3 is 19.3 Å². The second-order valence-electron chi connectivity index (χ2n) is 5.97. The van der Waals surface area contributed by atoms with Gasteiger partial charge in [0.1, 0.15) is 0 Å². The monoisotopic (exact) mass is 304 g/mol. The lowest BCUT2D eigenvalue weighted by Gasteiger charge is -2.34. The van der Waals surface area contributed by atoms with Crippen LogP contribution in [0.4, 0.5) is 5.69 Å². The molecule has 3 rings (SSSR count). The third kappa shape index (κ3) is 2.96. The van der Waals surface area contributed by atoms with Crippen molar-refractivity contribution in [2.75, 3.05) is 38.3 Å². The van der Waals surface area contributed by atoms with Gasteiger partial charge in [0.2, 0.25) is 0 Å². The molecule has 0 aromatic heterocycles. The summed E-state index contributed by atoms with van der Waals surface area (Å²) in [4.78, 5) is 17.1. The maximum Gasteiger partial charge on any atom is 0.254 e. The summed E-state index contributed by atoms with van der Waals surface area (Å²) in [6.45, 7) is 5.05. The minimum Gasteiger partial charge on any atom is -0.376 e. The minimum atomic E-state index is -0.460. The first kappa shape index (κ1) is 15.3. The first-order valence-electron chi connectivity index (χ1n) is 7.99. The zero-order valence-electron chi connectivity index (χ0n) is 13.3. The Morgan fingerprint density at radius 2 is 2.14 bits per heavy atom. The van der Waals surface area contributed by atoms with Gasteiger partial charge in [-0.1, -0.05) is 25.1 Å². The quantitative estimate of drug-likeness (QED) is 0.833. The van der Waals surface area contributed by atoms with Gasteiger partial charge in [0, 0.05) is 31.9 Å². The van der Waals surface area contributed by atoms with E-state index >= 15 is 0 Å². The maximum absolute atomic E-state index is 12.9. The number of para-hydroxylation sites is 1. The topological polar surface area (TPSA) is 42.0 Å². The normalized spacial score (nSPS) is 25.5. The molecule has 1 aromatic rings. The molecule has 2 aliphatic heterocycles. The van der Waals surface area contributed by atoms with Crippen LogP contribution in [0.5, 0.6) is 0 Å². The SMILES string of the molecule is CCC1CN(C)c2ccccc2CN1C(=O)C1COCCO1. The van der Waals surface area contributed by atoms with E-state index < -0.39 is 6.10 Å². The van der Waals surface area contributed by atoms with Crippen molar-refractivity contribution in [1.82, 2.24) is 4.90 Å². The second kappa shape index (κ2) is 6.67. The number of ether oxygens (including phenoxy) is 2. The van der Waals surface area contributed by atoms with Gasteiger partial charge >= 0.3 is 0 Å². The molecule has 5 heteroatoms. The van der Waals surface area contributed by atoms with Crippen LogP contribution in [-0.4, -0.2) is 56.4 Å². The highest BCUT2D eigenvalue weighted by Crippen LogP contribution is 2.27. The van der Waals surface area contributed by atoms with Gasteiger partial charge in [0.05, 0.1) is 19.8 Å². The van der Waals surface area contributed by atoms with Crippen molar-refractivity contribution >= 4 is 11.6 Å². The predicted molar refractivity (Wildman–Crippen MR) is 84.9 cm³/mol. The lowest BCUT2D eigenvalue weighted by atomic mass is 10.1. The fraction of sp³-hybridized carbons (Fsp3) is 0.588. The van der Waals surface area contributed by atoms with E-state index in [1.54, 1.807) is 0 Å². The molecule has 22 heavy (non-hydrogen) atoms. The zero-order valence-corrected chi connectivity index (χ0v) is 13.3. The van der Waals surface area contributed by atoms with Crippen LogP contribution in [0, 0.1) is 0 Å². The molecule has 1 saturated heterocycles. The Balaban J connectivity index is 1.86. The molecule has 0 aliphatic carbocycles. The third-order valence-corrected chi connectivity index (χ3v) is 4.51. The summed E-state index contributed by atoms with van der Waals surface area (Å²) < 4.78 is 11.0. The highest BCUT2D eigenvalue weighted by Gasteiger charge is 2.34. The summed E-state index contributed by atoms with van der Waals surface area (Å²) >= 11 is 0. The van der Waals surface area contributed by atoms with E-state index in [0.717, 1.165) is 13.0 Å². The number of anilines is 1. The van der Waals surface area contributed by atoms with Crippen LogP contribution in [0.1, 0.15) is 18.9 Å². The molecule has 0 bridgehead atoms. The summed E-state index contributed by atoms with van der Waals surface area (Å²) in [5.41, 5.74) is 2.39. The number of rotatable bonds is 2. The fourth-order valence-corrected chi connectivity index (χ4v) is 3.27. The number of nitrogens with zero attached hydrogens (tertiary/aromatic N) is 2. The first-order valence-corrected chi connectivity index (χ1v) is 7.99. The average molecular weight is 304 g/mol. The molecule has 2 unspecified atom stereocenters. The fourth-order valence-electron chi connectivity index (χ4n) is 3.27. The third-order valence-electron chi connectivity index (χ3n) is 4.51. The first-order chi connectivity index (χ1) is 10.7. The molecule has 1 amide bonds. The van der Waals surface area contributed by atoms with Crippen molar-refractivity contribution in [3.8, 4) is 0 Å². The van der Waals surface area contributed by atoms with Gasteiger partial charge in [0.25, 0.3) is 5.91 Å². The molecule has 5 nitrogen and oxygen atoms in total. The van der Waals surface area contributed by atoms with Crippen LogP contribution in [0.3, 0.4) is 0 Å². The van der Waals surface area contributed by atoms with E-state index in [0.29, 0.717) is 26.4 Å². The van der Waals surface area contributed by atoms with Crippen molar-refractivity contribution in [2.45, 2.75) is 32.0 Å². The lowest BCUT2D eigenvalue weighted by molar-refractivity contribution is -0.160. The molecule has 0 radical (unpaired) electrons. The number of carbonyl (C=O) groups is 1. The number of amides is 1. The van der Waals surface area contributed by atoms with Crippen molar-refractivity contribution in [3.05, 3.63) is 29.8 Å². The van der Waals surface area contributed by atoms with Crippen molar-refractivity contribution in [2.24, 2.45) is 0 Å². The molecule has 0 spiro atoms. The lowest BCUT2D eigenvalue weighted by Crippen LogP contribution is -2.50. The van der Waals surface area contributed by atoms with Gasteiger partial charge in [-0.2, -0.15) is 0 Å². The molecule has 120 valence electrons. The van der Waals surface area contributed by atoms with Gasteiger partial charge in [-0.15, -0.1) is 0 Å². The van der Waals surface area contributed by atoms with E-state index in [2.05, 4.69) is 31.0 Å².